The smallest absolute Gasteiger partial charge is 0.239 e. The number of carbonyl (C=O) groups is 2. The number of aromatic nitrogens is 2. The summed E-state index contributed by atoms with van der Waals surface area (Å²) in [5.74, 6) is 0.0652. The highest BCUT2D eigenvalue weighted by atomic mass is 35.5. The fourth-order valence-corrected chi connectivity index (χ4v) is 3.08. The second kappa shape index (κ2) is 7.92. The fraction of sp³-hybridized carbons (Fsp3) is 0.368. The first-order valence-electron chi connectivity index (χ1n) is 8.77. The lowest BCUT2D eigenvalue weighted by atomic mass is 9.89. The zero-order valence-electron chi connectivity index (χ0n) is 15.4. The minimum Gasteiger partial charge on any atom is -0.338 e. The average Bonchev–Trinajstić information content (AvgIpc) is 2.70. The third-order valence-corrected chi connectivity index (χ3v) is 4.96. The molecule has 2 heterocycles. The van der Waals surface area contributed by atoms with Gasteiger partial charge in [0.2, 0.25) is 17.8 Å². The van der Waals surface area contributed by atoms with E-state index in [1.807, 2.05) is 4.90 Å². The van der Waals surface area contributed by atoms with E-state index in [0.717, 1.165) is 0 Å². The van der Waals surface area contributed by atoms with Crippen molar-refractivity contribution in [2.24, 2.45) is 5.41 Å². The molecule has 1 aromatic carbocycles. The summed E-state index contributed by atoms with van der Waals surface area (Å²) in [6.07, 6.45) is 3.39. The number of benzene rings is 1. The van der Waals surface area contributed by atoms with Crippen molar-refractivity contribution in [1.29, 1.82) is 0 Å². The summed E-state index contributed by atoms with van der Waals surface area (Å²) in [5.41, 5.74) is -0.707. The SMILES string of the molecule is CC(C)(C(=O)Nc1ccccc1Cl)C(=O)N1CCN(c2ncccn2)CC1. The molecule has 2 aromatic rings. The van der Waals surface area contributed by atoms with E-state index < -0.39 is 5.41 Å². The molecule has 0 spiro atoms. The minimum absolute atomic E-state index is 0.208. The molecule has 1 aliphatic rings. The lowest BCUT2D eigenvalue weighted by Crippen LogP contribution is -2.54. The number of rotatable bonds is 4. The van der Waals surface area contributed by atoms with Crippen LogP contribution in [0.15, 0.2) is 42.7 Å². The van der Waals surface area contributed by atoms with E-state index in [1.165, 1.54) is 0 Å². The molecule has 0 radical (unpaired) electrons. The van der Waals surface area contributed by atoms with Crippen LogP contribution in [-0.4, -0.2) is 52.9 Å². The van der Waals surface area contributed by atoms with Crippen LogP contribution in [0.5, 0.6) is 0 Å². The van der Waals surface area contributed by atoms with Gasteiger partial charge in [-0.15, -0.1) is 0 Å². The van der Waals surface area contributed by atoms with E-state index in [2.05, 4.69) is 15.3 Å². The van der Waals surface area contributed by atoms with Gasteiger partial charge in [-0.05, 0) is 32.0 Å². The number of carbonyl (C=O) groups excluding carboxylic acids is 2. The van der Waals surface area contributed by atoms with Gasteiger partial charge in [0.05, 0.1) is 10.7 Å². The normalized spacial score (nSPS) is 14.8. The predicted octanol–water partition coefficient (Wildman–Crippen LogP) is 2.44. The van der Waals surface area contributed by atoms with Crippen LogP contribution in [0.25, 0.3) is 0 Å². The van der Waals surface area contributed by atoms with Crippen molar-refractivity contribution >= 4 is 35.1 Å². The summed E-state index contributed by atoms with van der Waals surface area (Å²) < 4.78 is 0. The Morgan fingerprint density at radius 2 is 1.67 bits per heavy atom. The molecule has 0 bridgehead atoms. The zero-order chi connectivity index (χ0) is 19.4. The molecule has 0 saturated carbocycles. The first kappa shape index (κ1) is 19.1. The average molecular weight is 388 g/mol. The summed E-state index contributed by atoms with van der Waals surface area (Å²) in [6.45, 7) is 5.54. The first-order valence-corrected chi connectivity index (χ1v) is 9.14. The van der Waals surface area contributed by atoms with Crippen molar-refractivity contribution < 1.29 is 9.59 Å². The molecule has 1 N–H and O–H groups in total. The van der Waals surface area contributed by atoms with Crippen LogP contribution >= 0.6 is 11.6 Å². The molecule has 0 unspecified atom stereocenters. The van der Waals surface area contributed by atoms with Crippen molar-refractivity contribution in [2.75, 3.05) is 36.4 Å². The Bertz CT molecular complexity index is 820. The van der Waals surface area contributed by atoms with Gasteiger partial charge in [0.25, 0.3) is 0 Å². The molecule has 7 nitrogen and oxygen atoms in total. The third-order valence-electron chi connectivity index (χ3n) is 4.63. The number of hydrogen-bond acceptors (Lipinski definition) is 5. The van der Waals surface area contributed by atoms with Gasteiger partial charge < -0.3 is 15.1 Å². The van der Waals surface area contributed by atoms with Crippen LogP contribution in [0, 0.1) is 5.41 Å². The van der Waals surface area contributed by atoms with Crippen LogP contribution in [0.4, 0.5) is 11.6 Å². The molecule has 0 aliphatic carbocycles. The number of halogens is 1. The molecular weight excluding hydrogens is 366 g/mol. The van der Waals surface area contributed by atoms with Gasteiger partial charge in [-0.25, -0.2) is 9.97 Å². The largest absolute Gasteiger partial charge is 0.338 e. The summed E-state index contributed by atoms with van der Waals surface area (Å²) >= 11 is 6.09. The van der Waals surface area contributed by atoms with Gasteiger partial charge in [0, 0.05) is 38.6 Å². The van der Waals surface area contributed by atoms with E-state index in [0.29, 0.717) is 42.8 Å². The second-order valence-electron chi connectivity index (χ2n) is 6.89. The molecule has 0 atom stereocenters. The molecule has 2 amide bonds. The van der Waals surface area contributed by atoms with Crippen LogP contribution in [0.1, 0.15) is 13.8 Å². The van der Waals surface area contributed by atoms with Gasteiger partial charge in [-0.1, -0.05) is 23.7 Å². The molecule has 27 heavy (non-hydrogen) atoms. The van der Waals surface area contributed by atoms with E-state index in [9.17, 15) is 9.59 Å². The molecule has 1 fully saturated rings. The Kier molecular flexibility index (Phi) is 5.60. The van der Waals surface area contributed by atoms with E-state index in [-0.39, 0.29) is 11.8 Å². The van der Waals surface area contributed by atoms with Crippen molar-refractivity contribution in [3.05, 3.63) is 47.7 Å². The number of nitrogens with one attached hydrogen (secondary N) is 1. The highest BCUT2D eigenvalue weighted by Gasteiger charge is 2.40. The molecular formula is C19H22ClN5O2. The van der Waals surface area contributed by atoms with Gasteiger partial charge in [-0.3, -0.25) is 9.59 Å². The molecule has 1 saturated heterocycles. The Morgan fingerprint density at radius 1 is 1.04 bits per heavy atom. The van der Waals surface area contributed by atoms with Crippen molar-refractivity contribution in [3.63, 3.8) is 0 Å². The monoisotopic (exact) mass is 387 g/mol. The molecule has 1 aromatic heterocycles. The number of piperazine rings is 1. The Morgan fingerprint density at radius 3 is 2.30 bits per heavy atom. The molecule has 3 rings (SSSR count). The highest BCUT2D eigenvalue weighted by molar-refractivity contribution is 6.33. The topological polar surface area (TPSA) is 78.4 Å². The summed E-state index contributed by atoms with van der Waals surface area (Å²) in [7, 11) is 0. The minimum atomic E-state index is -1.20. The third kappa shape index (κ3) is 4.19. The van der Waals surface area contributed by atoms with Crippen molar-refractivity contribution in [1.82, 2.24) is 14.9 Å². The van der Waals surface area contributed by atoms with Crippen LogP contribution in [0.3, 0.4) is 0 Å². The van der Waals surface area contributed by atoms with Gasteiger partial charge in [-0.2, -0.15) is 0 Å². The summed E-state index contributed by atoms with van der Waals surface area (Å²) in [5, 5.41) is 3.19. The van der Waals surface area contributed by atoms with Crippen LogP contribution in [-0.2, 0) is 9.59 Å². The Balaban J connectivity index is 1.62. The number of nitrogens with zero attached hydrogens (tertiary/aromatic N) is 4. The number of anilines is 2. The number of para-hydroxylation sites is 1. The quantitative estimate of drug-likeness (QED) is 0.815. The summed E-state index contributed by atoms with van der Waals surface area (Å²) in [6, 6.07) is 8.73. The summed E-state index contributed by atoms with van der Waals surface area (Å²) in [4.78, 5) is 37.9. The number of amides is 2. The first-order chi connectivity index (χ1) is 12.9. The van der Waals surface area contributed by atoms with E-state index in [4.69, 9.17) is 11.6 Å². The molecule has 1 aliphatic heterocycles. The lowest BCUT2D eigenvalue weighted by molar-refractivity contribution is -0.146. The standard InChI is InChI=1S/C19H22ClN5O2/c1-19(2,16(26)23-15-7-4-3-6-14(15)20)17(27)24-10-12-25(13-11-24)18-21-8-5-9-22-18/h3-9H,10-13H2,1-2H3,(H,23,26). The van der Waals surface area contributed by atoms with Crippen molar-refractivity contribution in [3.8, 4) is 0 Å². The van der Waals surface area contributed by atoms with Crippen LogP contribution in [0.2, 0.25) is 5.02 Å². The van der Waals surface area contributed by atoms with Crippen LogP contribution < -0.4 is 10.2 Å². The van der Waals surface area contributed by atoms with Crippen molar-refractivity contribution in [2.45, 2.75) is 13.8 Å². The van der Waals surface area contributed by atoms with E-state index >= 15 is 0 Å². The molecule has 142 valence electrons. The Hall–Kier alpha value is -2.67. The predicted molar refractivity (Wildman–Crippen MR) is 105 cm³/mol. The van der Waals surface area contributed by atoms with Gasteiger partial charge in [0.15, 0.2) is 0 Å². The Labute approximate surface area is 163 Å². The lowest BCUT2D eigenvalue weighted by Gasteiger charge is -2.38. The number of hydrogen-bond donors (Lipinski definition) is 1. The maximum absolute atomic E-state index is 13.0. The maximum atomic E-state index is 13.0. The second-order valence-corrected chi connectivity index (χ2v) is 7.29. The zero-order valence-corrected chi connectivity index (χ0v) is 16.1. The molecule has 8 heteroatoms. The van der Waals surface area contributed by atoms with E-state index in [1.54, 1.807) is 61.5 Å². The highest BCUT2D eigenvalue weighted by Crippen LogP contribution is 2.26. The fourth-order valence-electron chi connectivity index (χ4n) is 2.90. The van der Waals surface area contributed by atoms with Gasteiger partial charge >= 0.3 is 0 Å². The maximum Gasteiger partial charge on any atom is 0.239 e. The van der Waals surface area contributed by atoms with Gasteiger partial charge in [0.1, 0.15) is 5.41 Å².